The number of thioether (sulfide) groups is 1. The molecule has 29 heavy (non-hydrogen) atoms. The van der Waals surface area contributed by atoms with Crippen LogP contribution >= 0.6 is 27.7 Å². The number of nitro groups is 1. The van der Waals surface area contributed by atoms with E-state index in [-0.39, 0.29) is 11.5 Å². The van der Waals surface area contributed by atoms with Crippen LogP contribution in [0.25, 0.3) is 5.69 Å². The molecule has 1 aromatic heterocycles. The number of halogens is 1. The molecule has 0 saturated heterocycles. The topological polar surface area (TPSA) is 83.1 Å². The lowest BCUT2D eigenvalue weighted by atomic mass is 10.1. The average Bonchev–Trinajstić information content (AvgIpc) is 3.03. The highest BCUT2D eigenvalue weighted by atomic mass is 79.9. The quantitative estimate of drug-likeness (QED) is 0.253. The highest BCUT2D eigenvalue weighted by Crippen LogP contribution is 2.41. The molecule has 3 rings (SSSR count). The molecule has 0 aliphatic rings. The fourth-order valence-electron chi connectivity index (χ4n) is 2.93. The number of rotatable bonds is 8. The molecule has 0 radical (unpaired) electrons. The van der Waals surface area contributed by atoms with Gasteiger partial charge in [0.05, 0.1) is 6.61 Å². The van der Waals surface area contributed by atoms with Crippen molar-refractivity contribution < 1.29 is 9.66 Å². The zero-order valence-corrected chi connectivity index (χ0v) is 18.7. The molecule has 9 heteroatoms. The Balaban J connectivity index is 2.02. The van der Waals surface area contributed by atoms with E-state index in [0.717, 1.165) is 27.1 Å². The van der Waals surface area contributed by atoms with Crippen LogP contribution in [-0.4, -0.2) is 32.8 Å². The Morgan fingerprint density at radius 2 is 1.93 bits per heavy atom. The van der Waals surface area contributed by atoms with Crippen LogP contribution in [0.3, 0.4) is 0 Å². The summed E-state index contributed by atoms with van der Waals surface area (Å²) in [5.74, 6) is 1.35. The van der Waals surface area contributed by atoms with E-state index < -0.39 is 5.25 Å². The van der Waals surface area contributed by atoms with Crippen LogP contribution < -0.4 is 4.74 Å². The minimum atomic E-state index is -0.489. The van der Waals surface area contributed by atoms with Crippen molar-refractivity contribution in [3.05, 3.63) is 74.0 Å². The third-order valence-electron chi connectivity index (χ3n) is 4.27. The van der Waals surface area contributed by atoms with Gasteiger partial charge in [0.2, 0.25) is 6.54 Å². The van der Waals surface area contributed by atoms with Gasteiger partial charge in [0.15, 0.2) is 5.16 Å². The van der Waals surface area contributed by atoms with Crippen molar-refractivity contribution in [3.63, 3.8) is 0 Å². The van der Waals surface area contributed by atoms with Gasteiger partial charge in [0, 0.05) is 20.6 Å². The van der Waals surface area contributed by atoms with Gasteiger partial charge in [0.25, 0.3) is 0 Å². The number of ether oxygens (including phenoxy) is 1. The molecular weight excluding hydrogens is 456 g/mol. The van der Waals surface area contributed by atoms with Crippen molar-refractivity contribution in [2.75, 3.05) is 13.2 Å². The predicted octanol–water partition coefficient (Wildman–Crippen LogP) is 5.16. The van der Waals surface area contributed by atoms with E-state index in [2.05, 4.69) is 26.1 Å². The van der Waals surface area contributed by atoms with Gasteiger partial charge in [0.1, 0.15) is 16.8 Å². The van der Waals surface area contributed by atoms with Gasteiger partial charge < -0.3 is 4.74 Å². The zero-order valence-electron chi connectivity index (χ0n) is 16.3. The van der Waals surface area contributed by atoms with Crippen LogP contribution in [0.5, 0.6) is 5.75 Å². The molecule has 152 valence electrons. The monoisotopic (exact) mass is 476 g/mol. The summed E-state index contributed by atoms with van der Waals surface area (Å²) < 4.78 is 8.47. The first kappa shape index (κ1) is 21.3. The Bertz CT molecular complexity index is 1010. The maximum absolute atomic E-state index is 11.4. The second kappa shape index (κ2) is 9.41. The summed E-state index contributed by atoms with van der Waals surface area (Å²) in [4.78, 5) is 11.1. The predicted molar refractivity (Wildman–Crippen MR) is 117 cm³/mol. The van der Waals surface area contributed by atoms with Gasteiger partial charge in [-0.3, -0.25) is 14.7 Å². The normalized spacial score (nSPS) is 12.0. The van der Waals surface area contributed by atoms with E-state index in [1.54, 1.807) is 0 Å². The maximum atomic E-state index is 11.4. The zero-order chi connectivity index (χ0) is 21.0. The van der Waals surface area contributed by atoms with Crippen LogP contribution in [-0.2, 0) is 0 Å². The van der Waals surface area contributed by atoms with Crippen LogP contribution in [0.2, 0.25) is 0 Å². The smallest absolute Gasteiger partial charge is 0.220 e. The number of hydrogen-bond donors (Lipinski definition) is 0. The Hall–Kier alpha value is -2.39. The van der Waals surface area contributed by atoms with Crippen molar-refractivity contribution in [2.45, 2.75) is 31.2 Å². The Morgan fingerprint density at radius 1 is 1.21 bits per heavy atom. The first-order chi connectivity index (χ1) is 13.9. The highest BCUT2D eigenvalue weighted by Gasteiger charge is 2.26. The number of aryl methyl sites for hydroxylation is 2. The van der Waals surface area contributed by atoms with Gasteiger partial charge in [-0.05, 0) is 51.1 Å². The van der Waals surface area contributed by atoms with Crippen molar-refractivity contribution in [1.29, 1.82) is 0 Å². The van der Waals surface area contributed by atoms with Crippen LogP contribution in [0.15, 0.2) is 52.1 Å². The van der Waals surface area contributed by atoms with E-state index >= 15 is 0 Å². The van der Waals surface area contributed by atoms with E-state index in [0.29, 0.717) is 17.5 Å². The van der Waals surface area contributed by atoms with E-state index in [1.807, 2.05) is 67.8 Å². The standard InChI is InChI=1S/C20H21BrN4O3S/c1-4-28-18-10-7-15(21)11-17(18)19(12-24(26)27)29-20-23-22-14(3)25(20)16-8-5-13(2)6-9-16/h5-11,19H,4,12H2,1-3H3/t19-/m0/s1. The molecule has 0 fully saturated rings. The summed E-state index contributed by atoms with van der Waals surface area (Å²) in [6, 6.07) is 13.6. The van der Waals surface area contributed by atoms with Crippen LogP contribution in [0, 0.1) is 24.0 Å². The number of nitrogens with zero attached hydrogens (tertiary/aromatic N) is 4. The first-order valence-corrected chi connectivity index (χ1v) is 10.8. The molecule has 0 N–H and O–H groups in total. The fraction of sp³-hybridized carbons (Fsp3) is 0.300. The average molecular weight is 477 g/mol. The third-order valence-corrected chi connectivity index (χ3v) is 5.92. The van der Waals surface area contributed by atoms with Crippen LogP contribution in [0.1, 0.15) is 29.1 Å². The Kier molecular flexibility index (Phi) is 6.92. The molecule has 0 spiro atoms. The largest absolute Gasteiger partial charge is 0.494 e. The van der Waals surface area contributed by atoms with Crippen LogP contribution in [0.4, 0.5) is 0 Å². The van der Waals surface area contributed by atoms with Crippen molar-refractivity contribution in [3.8, 4) is 11.4 Å². The van der Waals surface area contributed by atoms with Crippen molar-refractivity contribution >= 4 is 27.7 Å². The highest BCUT2D eigenvalue weighted by molar-refractivity contribution is 9.10. The lowest BCUT2D eigenvalue weighted by molar-refractivity contribution is -0.479. The maximum Gasteiger partial charge on any atom is 0.220 e. The number of hydrogen-bond acceptors (Lipinski definition) is 6. The van der Waals surface area contributed by atoms with Gasteiger partial charge in [-0.1, -0.05) is 45.4 Å². The molecule has 7 nitrogen and oxygen atoms in total. The molecule has 1 heterocycles. The minimum Gasteiger partial charge on any atom is -0.494 e. The molecule has 1 atom stereocenters. The summed E-state index contributed by atoms with van der Waals surface area (Å²) in [6.45, 7) is 5.99. The second-order valence-electron chi connectivity index (χ2n) is 6.44. The molecule has 0 saturated carbocycles. The summed E-state index contributed by atoms with van der Waals surface area (Å²) >= 11 is 4.77. The lowest BCUT2D eigenvalue weighted by Gasteiger charge is -2.18. The van der Waals surface area contributed by atoms with Crippen molar-refractivity contribution in [2.24, 2.45) is 0 Å². The lowest BCUT2D eigenvalue weighted by Crippen LogP contribution is -2.12. The Labute approximate surface area is 181 Å². The molecule has 0 unspecified atom stereocenters. The molecule has 0 aliphatic carbocycles. The summed E-state index contributed by atoms with van der Waals surface area (Å²) in [5, 5.41) is 20.0. The summed E-state index contributed by atoms with van der Waals surface area (Å²) in [5.41, 5.74) is 2.81. The summed E-state index contributed by atoms with van der Waals surface area (Å²) in [7, 11) is 0. The summed E-state index contributed by atoms with van der Waals surface area (Å²) in [6.07, 6.45) is 0. The second-order valence-corrected chi connectivity index (χ2v) is 8.52. The molecule has 3 aromatic rings. The fourth-order valence-corrected chi connectivity index (χ4v) is 4.50. The minimum absolute atomic E-state index is 0.263. The Morgan fingerprint density at radius 3 is 2.59 bits per heavy atom. The molecular formula is C20H21BrN4O3S. The SMILES string of the molecule is CCOc1ccc(Br)cc1[C@H](C[N+](=O)[O-])Sc1nnc(C)n1-c1ccc(C)cc1. The van der Waals surface area contributed by atoms with E-state index in [1.165, 1.54) is 11.8 Å². The first-order valence-electron chi connectivity index (χ1n) is 9.08. The van der Waals surface area contributed by atoms with E-state index in [9.17, 15) is 10.1 Å². The molecule has 2 aromatic carbocycles. The number of aromatic nitrogens is 3. The molecule has 0 amide bonds. The third kappa shape index (κ3) is 5.16. The van der Waals surface area contributed by atoms with E-state index in [4.69, 9.17) is 4.74 Å². The number of benzene rings is 2. The van der Waals surface area contributed by atoms with Gasteiger partial charge in [-0.15, -0.1) is 10.2 Å². The van der Waals surface area contributed by atoms with Gasteiger partial charge >= 0.3 is 0 Å². The van der Waals surface area contributed by atoms with Crippen molar-refractivity contribution in [1.82, 2.24) is 14.8 Å². The van der Waals surface area contributed by atoms with Gasteiger partial charge in [-0.25, -0.2) is 0 Å². The van der Waals surface area contributed by atoms with Gasteiger partial charge in [-0.2, -0.15) is 0 Å². The molecule has 0 aliphatic heterocycles. The molecule has 0 bridgehead atoms.